The van der Waals surface area contributed by atoms with E-state index in [1.807, 2.05) is 12.1 Å². The van der Waals surface area contributed by atoms with E-state index in [1.54, 1.807) is 0 Å². The predicted molar refractivity (Wildman–Crippen MR) is 73.5 cm³/mol. The van der Waals surface area contributed by atoms with E-state index in [1.165, 1.54) is 50.5 Å². The fourth-order valence-electron chi connectivity index (χ4n) is 3.57. The first-order valence-electron chi connectivity index (χ1n) is 7.08. The lowest BCUT2D eigenvalue weighted by Crippen LogP contribution is -2.25. The molecule has 0 nitrogen and oxygen atoms in total. The fourth-order valence-corrected chi connectivity index (χ4v) is 3.70. The normalized spacial score (nSPS) is 29.9. The lowest BCUT2D eigenvalue weighted by atomic mass is 9.67. The molecule has 0 bridgehead atoms. The number of benzene rings is 1. The molecule has 0 unspecified atom stereocenters. The third-order valence-corrected chi connectivity index (χ3v) is 5.18. The van der Waals surface area contributed by atoms with Crippen molar-refractivity contribution in [1.82, 2.24) is 0 Å². The molecule has 17 heavy (non-hydrogen) atoms. The second-order valence-electron chi connectivity index (χ2n) is 5.85. The van der Waals surface area contributed by atoms with Crippen LogP contribution in [0.15, 0.2) is 24.3 Å². The molecule has 0 atom stereocenters. The van der Waals surface area contributed by atoms with Gasteiger partial charge >= 0.3 is 0 Å². The third-order valence-electron chi connectivity index (χ3n) is 4.93. The van der Waals surface area contributed by atoms with Gasteiger partial charge < -0.3 is 0 Å². The molecule has 1 heteroatoms. The molecule has 0 saturated heterocycles. The zero-order valence-electron chi connectivity index (χ0n) is 10.4. The van der Waals surface area contributed by atoms with Crippen LogP contribution in [0.3, 0.4) is 0 Å². The Morgan fingerprint density at radius 3 is 1.88 bits per heavy atom. The van der Waals surface area contributed by atoms with Gasteiger partial charge in [0.1, 0.15) is 0 Å². The Morgan fingerprint density at radius 1 is 0.765 bits per heavy atom. The van der Waals surface area contributed by atoms with Crippen molar-refractivity contribution >= 4 is 11.6 Å². The van der Waals surface area contributed by atoms with Gasteiger partial charge in [-0.3, -0.25) is 0 Å². The SMILES string of the molecule is Clc1ccc(C2CCC(C3CCC3)CC2)cc1. The van der Waals surface area contributed by atoms with Crippen LogP contribution in [0, 0.1) is 11.8 Å². The standard InChI is InChI=1S/C16H21Cl/c17-16-10-8-15(9-11-16)14-6-4-13(5-7-14)12-2-1-3-12/h8-14H,1-7H2. The molecule has 0 radical (unpaired) electrons. The molecule has 2 aliphatic carbocycles. The minimum absolute atomic E-state index is 0.795. The average molecular weight is 249 g/mol. The van der Waals surface area contributed by atoms with Crippen molar-refractivity contribution in [2.75, 3.05) is 0 Å². The van der Waals surface area contributed by atoms with E-state index in [2.05, 4.69) is 12.1 Å². The summed E-state index contributed by atoms with van der Waals surface area (Å²) in [5.74, 6) is 2.93. The molecule has 2 aliphatic rings. The summed E-state index contributed by atoms with van der Waals surface area (Å²) in [6, 6.07) is 8.51. The smallest absolute Gasteiger partial charge is 0.0406 e. The highest BCUT2D eigenvalue weighted by Gasteiger charge is 2.31. The Kier molecular flexibility index (Phi) is 3.42. The molecule has 2 saturated carbocycles. The zero-order valence-corrected chi connectivity index (χ0v) is 11.1. The monoisotopic (exact) mass is 248 g/mol. The van der Waals surface area contributed by atoms with Gasteiger partial charge in [-0.1, -0.05) is 43.0 Å². The van der Waals surface area contributed by atoms with Gasteiger partial charge in [0, 0.05) is 5.02 Å². The van der Waals surface area contributed by atoms with E-state index >= 15 is 0 Å². The Hall–Kier alpha value is -0.490. The fraction of sp³-hybridized carbons (Fsp3) is 0.625. The van der Waals surface area contributed by atoms with E-state index in [4.69, 9.17) is 11.6 Å². The first kappa shape index (κ1) is 11.6. The van der Waals surface area contributed by atoms with E-state index in [-0.39, 0.29) is 0 Å². The van der Waals surface area contributed by atoms with Gasteiger partial charge in [0.2, 0.25) is 0 Å². The quantitative estimate of drug-likeness (QED) is 0.656. The number of hydrogen-bond donors (Lipinski definition) is 0. The van der Waals surface area contributed by atoms with Crippen LogP contribution in [-0.2, 0) is 0 Å². The molecule has 0 aromatic heterocycles. The number of rotatable bonds is 2. The van der Waals surface area contributed by atoms with Gasteiger partial charge in [-0.2, -0.15) is 0 Å². The largest absolute Gasteiger partial charge is 0.0843 e. The summed E-state index contributed by atoms with van der Waals surface area (Å²) in [5.41, 5.74) is 1.50. The third kappa shape index (κ3) is 2.52. The summed E-state index contributed by atoms with van der Waals surface area (Å²) >= 11 is 5.94. The number of hydrogen-bond acceptors (Lipinski definition) is 0. The molecule has 0 aliphatic heterocycles. The lowest BCUT2D eigenvalue weighted by Gasteiger charge is -2.38. The van der Waals surface area contributed by atoms with Crippen molar-refractivity contribution < 1.29 is 0 Å². The minimum Gasteiger partial charge on any atom is -0.0843 e. The van der Waals surface area contributed by atoms with Crippen LogP contribution in [0.4, 0.5) is 0 Å². The van der Waals surface area contributed by atoms with Gasteiger partial charge in [0.15, 0.2) is 0 Å². The maximum absolute atomic E-state index is 5.94. The molecule has 0 amide bonds. The summed E-state index contributed by atoms with van der Waals surface area (Å²) in [6.45, 7) is 0. The van der Waals surface area contributed by atoms with Crippen molar-refractivity contribution in [2.24, 2.45) is 11.8 Å². The molecule has 0 heterocycles. The van der Waals surface area contributed by atoms with Crippen molar-refractivity contribution in [3.8, 4) is 0 Å². The van der Waals surface area contributed by atoms with Gasteiger partial charge in [0.25, 0.3) is 0 Å². The van der Waals surface area contributed by atoms with E-state index in [0.717, 1.165) is 22.8 Å². The van der Waals surface area contributed by atoms with Crippen LogP contribution in [0.25, 0.3) is 0 Å². The van der Waals surface area contributed by atoms with Gasteiger partial charge in [-0.15, -0.1) is 0 Å². The van der Waals surface area contributed by atoms with Crippen LogP contribution in [0.5, 0.6) is 0 Å². The predicted octanol–water partition coefficient (Wildman–Crippen LogP) is 5.41. The Labute approximate surface area is 109 Å². The van der Waals surface area contributed by atoms with Gasteiger partial charge in [-0.25, -0.2) is 0 Å². The molecule has 0 N–H and O–H groups in total. The Balaban J connectivity index is 1.58. The van der Waals surface area contributed by atoms with Gasteiger partial charge in [-0.05, 0) is 61.1 Å². The summed E-state index contributed by atoms with van der Waals surface area (Å²) in [5, 5.41) is 0.858. The zero-order chi connectivity index (χ0) is 11.7. The molecule has 1 aromatic carbocycles. The van der Waals surface area contributed by atoms with Crippen molar-refractivity contribution in [2.45, 2.75) is 50.9 Å². The first-order chi connectivity index (χ1) is 8.33. The molecule has 2 fully saturated rings. The maximum atomic E-state index is 5.94. The lowest BCUT2D eigenvalue weighted by molar-refractivity contribution is 0.154. The summed E-state index contributed by atoms with van der Waals surface area (Å²) in [6.07, 6.45) is 10.2. The second kappa shape index (κ2) is 5.02. The van der Waals surface area contributed by atoms with Crippen LogP contribution >= 0.6 is 11.6 Å². The van der Waals surface area contributed by atoms with Gasteiger partial charge in [0.05, 0.1) is 0 Å². The molecular weight excluding hydrogens is 228 g/mol. The van der Waals surface area contributed by atoms with E-state index in [9.17, 15) is 0 Å². The van der Waals surface area contributed by atoms with Crippen LogP contribution in [0.1, 0.15) is 56.4 Å². The van der Waals surface area contributed by atoms with Crippen molar-refractivity contribution in [3.05, 3.63) is 34.9 Å². The van der Waals surface area contributed by atoms with Crippen LogP contribution in [0.2, 0.25) is 5.02 Å². The summed E-state index contributed by atoms with van der Waals surface area (Å²) in [4.78, 5) is 0. The second-order valence-corrected chi connectivity index (χ2v) is 6.29. The Bertz CT molecular complexity index is 356. The van der Waals surface area contributed by atoms with Crippen molar-refractivity contribution in [1.29, 1.82) is 0 Å². The van der Waals surface area contributed by atoms with E-state index < -0.39 is 0 Å². The molecule has 0 spiro atoms. The minimum atomic E-state index is 0.795. The highest BCUT2D eigenvalue weighted by molar-refractivity contribution is 6.30. The molecule has 92 valence electrons. The highest BCUT2D eigenvalue weighted by atomic mass is 35.5. The molecule has 1 aromatic rings. The summed E-state index contributed by atoms with van der Waals surface area (Å²) in [7, 11) is 0. The maximum Gasteiger partial charge on any atom is 0.0406 e. The van der Waals surface area contributed by atoms with Crippen LogP contribution in [-0.4, -0.2) is 0 Å². The van der Waals surface area contributed by atoms with E-state index in [0.29, 0.717) is 0 Å². The number of halogens is 1. The Morgan fingerprint density at radius 2 is 1.35 bits per heavy atom. The van der Waals surface area contributed by atoms with Crippen molar-refractivity contribution in [3.63, 3.8) is 0 Å². The summed E-state index contributed by atoms with van der Waals surface area (Å²) < 4.78 is 0. The molecular formula is C16H21Cl. The average Bonchev–Trinajstić information content (AvgIpc) is 2.29. The topological polar surface area (TPSA) is 0 Å². The van der Waals surface area contributed by atoms with Crippen LogP contribution < -0.4 is 0 Å². The molecule has 3 rings (SSSR count). The first-order valence-corrected chi connectivity index (χ1v) is 7.46. The highest BCUT2D eigenvalue weighted by Crippen LogP contribution is 2.44.